The molecule has 5 nitrogen and oxygen atoms in total. The summed E-state index contributed by atoms with van der Waals surface area (Å²) in [7, 11) is -3.76. The summed E-state index contributed by atoms with van der Waals surface area (Å²) in [6, 6.07) is 11.7. The topological polar surface area (TPSA) is 88.0 Å². The standard InChI is InChI=1S/C14H12ClN3O2S/c15-11-3-1-2-4-13(11)18-21(19,20)14-8-17-12-6-5-9(16)7-10(12)14/h1-8,17-18H,16H2. The van der Waals surface area contributed by atoms with Gasteiger partial charge in [-0.2, -0.15) is 0 Å². The molecule has 0 atom stereocenters. The van der Waals surface area contributed by atoms with Gasteiger partial charge in [0.25, 0.3) is 10.0 Å². The number of para-hydroxylation sites is 1. The number of anilines is 2. The van der Waals surface area contributed by atoms with E-state index in [4.69, 9.17) is 17.3 Å². The van der Waals surface area contributed by atoms with Crippen molar-refractivity contribution < 1.29 is 8.42 Å². The molecule has 1 aromatic heterocycles. The van der Waals surface area contributed by atoms with E-state index < -0.39 is 10.0 Å². The summed E-state index contributed by atoms with van der Waals surface area (Å²) >= 11 is 5.98. The molecule has 0 aliphatic rings. The molecule has 0 saturated carbocycles. The molecule has 4 N–H and O–H groups in total. The van der Waals surface area contributed by atoms with Gasteiger partial charge in [-0.3, -0.25) is 4.72 Å². The molecule has 3 aromatic rings. The quantitative estimate of drug-likeness (QED) is 0.647. The first kappa shape index (κ1) is 13.8. The zero-order chi connectivity index (χ0) is 15.0. The van der Waals surface area contributed by atoms with Crippen molar-refractivity contribution in [3.05, 3.63) is 53.7 Å². The third-order valence-corrected chi connectivity index (χ3v) is 4.81. The normalized spacial score (nSPS) is 11.7. The van der Waals surface area contributed by atoms with Crippen LogP contribution < -0.4 is 10.5 Å². The molecule has 0 spiro atoms. The minimum atomic E-state index is -3.76. The van der Waals surface area contributed by atoms with Crippen molar-refractivity contribution in [2.75, 3.05) is 10.5 Å². The number of nitrogens with one attached hydrogen (secondary N) is 2. The number of hydrogen-bond donors (Lipinski definition) is 3. The molecule has 0 unspecified atom stereocenters. The maximum absolute atomic E-state index is 12.5. The summed E-state index contributed by atoms with van der Waals surface area (Å²) < 4.78 is 27.5. The number of sulfonamides is 1. The van der Waals surface area contributed by atoms with Crippen LogP contribution in [0.5, 0.6) is 0 Å². The van der Waals surface area contributed by atoms with Crippen molar-refractivity contribution in [2.45, 2.75) is 4.90 Å². The lowest BCUT2D eigenvalue weighted by molar-refractivity contribution is 0.602. The van der Waals surface area contributed by atoms with E-state index in [0.717, 1.165) is 0 Å². The Kier molecular flexibility index (Phi) is 3.27. The highest BCUT2D eigenvalue weighted by Crippen LogP contribution is 2.28. The molecule has 0 fully saturated rings. The number of nitrogens with two attached hydrogens (primary N) is 1. The molecule has 108 valence electrons. The van der Waals surface area contributed by atoms with Gasteiger partial charge in [0.15, 0.2) is 0 Å². The molecule has 0 aliphatic heterocycles. The van der Waals surface area contributed by atoms with Crippen LogP contribution in [0, 0.1) is 0 Å². The van der Waals surface area contributed by atoms with E-state index in [1.165, 1.54) is 6.20 Å². The SMILES string of the molecule is Nc1ccc2[nH]cc(S(=O)(=O)Nc3ccccc3Cl)c2c1. The van der Waals surface area contributed by atoms with Gasteiger partial charge in [0, 0.05) is 22.8 Å². The van der Waals surface area contributed by atoms with Crippen molar-refractivity contribution in [3.8, 4) is 0 Å². The van der Waals surface area contributed by atoms with Crippen LogP contribution >= 0.6 is 11.6 Å². The smallest absolute Gasteiger partial charge is 0.264 e. The second kappa shape index (κ2) is 4.98. The largest absolute Gasteiger partial charge is 0.399 e. The zero-order valence-electron chi connectivity index (χ0n) is 10.8. The minimum Gasteiger partial charge on any atom is -0.399 e. The first-order valence-electron chi connectivity index (χ1n) is 6.11. The molecule has 0 amide bonds. The van der Waals surface area contributed by atoms with E-state index in [2.05, 4.69) is 9.71 Å². The van der Waals surface area contributed by atoms with Crippen LogP contribution in [0.1, 0.15) is 0 Å². The fraction of sp³-hybridized carbons (Fsp3) is 0. The molecule has 0 saturated heterocycles. The highest BCUT2D eigenvalue weighted by molar-refractivity contribution is 7.93. The summed E-state index contributed by atoms with van der Waals surface area (Å²) in [5.74, 6) is 0. The van der Waals surface area contributed by atoms with E-state index in [0.29, 0.717) is 27.3 Å². The summed E-state index contributed by atoms with van der Waals surface area (Å²) in [5.41, 5.74) is 7.25. The minimum absolute atomic E-state index is 0.129. The lowest BCUT2D eigenvalue weighted by atomic mass is 10.2. The lowest BCUT2D eigenvalue weighted by Crippen LogP contribution is -2.12. The molecule has 0 aliphatic carbocycles. The molecule has 2 aromatic carbocycles. The molecule has 0 bridgehead atoms. The number of benzene rings is 2. The van der Waals surface area contributed by atoms with Crippen molar-refractivity contribution in [1.29, 1.82) is 0 Å². The van der Waals surface area contributed by atoms with Crippen molar-refractivity contribution >= 4 is 43.9 Å². The van der Waals surface area contributed by atoms with Gasteiger partial charge in [-0.25, -0.2) is 8.42 Å². The van der Waals surface area contributed by atoms with E-state index in [1.807, 2.05) is 0 Å². The van der Waals surface area contributed by atoms with Gasteiger partial charge in [-0.05, 0) is 30.3 Å². The Bertz CT molecular complexity index is 919. The van der Waals surface area contributed by atoms with E-state index >= 15 is 0 Å². The fourth-order valence-electron chi connectivity index (χ4n) is 2.08. The van der Waals surface area contributed by atoms with Crippen LogP contribution in [0.4, 0.5) is 11.4 Å². The molecule has 7 heteroatoms. The lowest BCUT2D eigenvalue weighted by Gasteiger charge is -2.08. The highest BCUT2D eigenvalue weighted by atomic mass is 35.5. The summed E-state index contributed by atoms with van der Waals surface area (Å²) in [4.78, 5) is 3.04. The number of halogens is 1. The molecule has 0 radical (unpaired) electrons. The van der Waals surface area contributed by atoms with Gasteiger partial charge in [0.05, 0.1) is 10.7 Å². The second-order valence-corrected chi connectivity index (χ2v) is 6.60. The Morgan fingerprint density at radius 3 is 2.67 bits per heavy atom. The average molecular weight is 322 g/mol. The number of rotatable bonds is 3. The first-order chi connectivity index (χ1) is 9.97. The Balaban J connectivity index is 2.09. The van der Waals surface area contributed by atoms with Crippen molar-refractivity contribution in [2.24, 2.45) is 0 Å². The number of H-pyrrole nitrogens is 1. The van der Waals surface area contributed by atoms with Crippen LogP contribution in [0.15, 0.2) is 53.6 Å². The predicted molar refractivity (Wildman–Crippen MR) is 85.0 cm³/mol. The molecular weight excluding hydrogens is 310 g/mol. The van der Waals surface area contributed by atoms with Gasteiger partial charge in [-0.15, -0.1) is 0 Å². The number of hydrogen-bond acceptors (Lipinski definition) is 3. The number of aromatic amines is 1. The summed E-state index contributed by atoms with van der Waals surface area (Å²) in [5, 5.41) is 0.870. The van der Waals surface area contributed by atoms with Crippen molar-refractivity contribution in [1.82, 2.24) is 4.98 Å². The van der Waals surface area contributed by atoms with Crippen LogP contribution in [-0.2, 0) is 10.0 Å². The van der Waals surface area contributed by atoms with Crippen molar-refractivity contribution in [3.63, 3.8) is 0 Å². The number of fused-ring (bicyclic) bond motifs is 1. The Labute approximate surface area is 126 Å². The van der Waals surface area contributed by atoms with Gasteiger partial charge < -0.3 is 10.7 Å². The van der Waals surface area contributed by atoms with Crippen LogP contribution in [-0.4, -0.2) is 13.4 Å². The molecule has 21 heavy (non-hydrogen) atoms. The van der Waals surface area contributed by atoms with Crippen LogP contribution in [0.2, 0.25) is 5.02 Å². The maximum atomic E-state index is 12.5. The first-order valence-corrected chi connectivity index (χ1v) is 7.97. The van der Waals surface area contributed by atoms with Crippen LogP contribution in [0.25, 0.3) is 10.9 Å². The van der Waals surface area contributed by atoms with E-state index in [-0.39, 0.29) is 4.90 Å². The maximum Gasteiger partial charge on any atom is 0.264 e. The van der Waals surface area contributed by atoms with Gasteiger partial charge in [-0.1, -0.05) is 23.7 Å². The monoisotopic (exact) mass is 321 g/mol. The molecule has 1 heterocycles. The summed E-state index contributed by atoms with van der Waals surface area (Å²) in [6.07, 6.45) is 1.43. The molecule has 3 rings (SSSR count). The van der Waals surface area contributed by atoms with Gasteiger partial charge >= 0.3 is 0 Å². The number of nitrogen functional groups attached to an aromatic ring is 1. The van der Waals surface area contributed by atoms with Crippen LogP contribution in [0.3, 0.4) is 0 Å². The van der Waals surface area contributed by atoms with E-state index in [1.54, 1.807) is 42.5 Å². The average Bonchev–Trinajstić information content (AvgIpc) is 2.85. The highest BCUT2D eigenvalue weighted by Gasteiger charge is 2.20. The molecular formula is C14H12ClN3O2S. The number of aromatic nitrogens is 1. The predicted octanol–water partition coefficient (Wildman–Crippen LogP) is 3.20. The third-order valence-electron chi connectivity index (χ3n) is 3.08. The zero-order valence-corrected chi connectivity index (χ0v) is 12.4. The van der Waals surface area contributed by atoms with Gasteiger partial charge in [0.2, 0.25) is 0 Å². The Hall–Kier alpha value is -2.18. The third kappa shape index (κ3) is 2.55. The van der Waals surface area contributed by atoms with E-state index in [9.17, 15) is 8.42 Å². The summed E-state index contributed by atoms with van der Waals surface area (Å²) in [6.45, 7) is 0. The fourth-order valence-corrected chi connectivity index (χ4v) is 3.57. The van der Waals surface area contributed by atoms with Gasteiger partial charge in [0.1, 0.15) is 4.90 Å². The Morgan fingerprint density at radius 1 is 1.14 bits per heavy atom. The second-order valence-electron chi connectivity index (χ2n) is 4.54. The Morgan fingerprint density at radius 2 is 1.90 bits per heavy atom.